The van der Waals surface area contributed by atoms with Gasteiger partial charge < -0.3 is 25.6 Å². The highest BCUT2D eigenvalue weighted by Gasteiger charge is 2.05. The number of halogens is 1. The maximum Gasteiger partial charge on any atom is 0.404 e. The number of hydrogen-bond donors (Lipinski definition) is 3. The number of benzene rings is 1. The lowest BCUT2D eigenvalue weighted by atomic mass is 10.2. The Bertz CT molecular complexity index is 417. The van der Waals surface area contributed by atoms with Gasteiger partial charge in [0.25, 0.3) is 0 Å². The largest absolute Gasteiger partial charge is 0.448 e. The third-order valence-electron chi connectivity index (χ3n) is 2.43. The molecule has 1 atom stereocenters. The van der Waals surface area contributed by atoms with Crippen molar-refractivity contribution in [3.63, 3.8) is 0 Å². The third kappa shape index (κ3) is 7.30. The average molecular weight is 303 g/mol. The molecule has 0 aliphatic heterocycles. The topological polar surface area (TPSA) is 93.8 Å². The first-order chi connectivity index (χ1) is 9.59. The van der Waals surface area contributed by atoms with E-state index in [-0.39, 0.29) is 13.2 Å². The summed E-state index contributed by atoms with van der Waals surface area (Å²) >= 11 is 5.98. The zero-order valence-electron chi connectivity index (χ0n) is 11.0. The van der Waals surface area contributed by atoms with E-state index >= 15 is 0 Å². The number of ether oxygens (including phenoxy) is 2. The van der Waals surface area contributed by atoms with Gasteiger partial charge in [0.2, 0.25) is 0 Å². The number of aliphatic hydroxyl groups excluding tert-OH is 1. The zero-order chi connectivity index (χ0) is 14.8. The van der Waals surface area contributed by atoms with E-state index in [9.17, 15) is 9.90 Å². The second-order valence-electron chi connectivity index (χ2n) is 4.13. The van der Waals surface area contributed by atoms with Crippen LogP contribution in [0.4, 0.5) is 4.79 Å². The molecule has 0 bridgehead atoms. The Morgan fingerprint density at radius 1 is 1.45 bits per heavy atom. The number of nitrogens with one attached hydrogen (secondary N) is 1. The van der Waals surface area contributed by atoms with Gasteiger partial charge in [0.05, 0.1) is 19.3 Å². The highest BCUT2D eigenvalue weighted by molar-refractivity contribution is 6.31. The van der Waals surface area contributed by atoms with Gasteiger partial charge in [-0.2, -0.15) is 0 Å². The van der Waals surface area contributed by atoms with E-state index in [1.54, 1.807) is 6.07 Å². The van der Waals surface area contributed by atoms with Crippen molar-refractivity contribution in [2.45, 2.75) is 12.7 Å². The number of nitrogens with two attached hydrogens (primary N) is 1. The van der Waals surface area contributed by atoms with E-state index < -0.39 is 12.2 Å². The van der Waals surface area contributed by atoms with Crippen molar-refractivity contribution in [1.82, 2.24) is 5.32 Å². The average Bonchev–Trinajstić information content (AvgIpc) is 2.40. The zero-order valence-corrected chi connectivity index (χ0v) is 11.8. The molecule has 1 aromatic rings. The van der Waals surface area contributed by atoms with Crippen LogP contribution in [0.15, 0.2) is 24.3 Å². The molecule has 7 heteroatoms. The number of carbonyl (C=O) groups is 1. The normalized spacial score (nSPS) is 12.1. The first kappa shape index (κ1) is 16.7. The van der Waals surface area contributed by atoms with E-state index in [0.717, 1.165) is 5.56 Å². The molecule has 0 aliphatic rings. The molecular weight excluding hydrogens is 284 g/mol. The van der Waals surface area contributed by atoms with Crippen LogP contribution < -0.4 is 11.1 Å². The molecule has 4 N–H and O–H groups in total. The predicted molar refractivity (Wildman–Crippen MR) is 75.5 cm³/mol. The summed E-state index contributed by atoms with van der Waals surface area (Å²) < 4.78 is 9.90. The highest BCUT2D eigenvalue weighted by atomic mass is 35.5. The molecule has 1 unspecified atom stereocenters. The first-order valence-electron chi connectivity index (χ1n) is 6.21. The molecule has 0 radical (unpaired) electrons. The van der Waals surface area contributed by atoms with Crippen LogP contribution in [0.5, 0.6) is 0 Å². The molecule has 20 heavy (non-hydrogen) atoms. The van der Waals surface area contributed by atoms with Crippen LogP contribution in [0, 0.1) is 0 Å². The summed E-state index contributed by atoms with van der Waals surface area (Å²) in [7, 11) is 0. The molecule has 0 aromatic heterocycles. The second-order valence-corrected chi connectivity index (χ2v) is 4.54. The SMILES string of the molecule is NC(=O)OCCNCC(O)COCc1ccccc1Cl. The lowest BCUT2D eigenvalue weighted by molar-refractivity contribution is 0.0284. The standard InChI is InChI=1S/C13H19ClN2O4/c14-12-4-2-1-3-10(12)8-19-9-11(17)7-16-5-6-20-13(15)18/h1-4,11,16-17H,5-9H2,(H2,15,18). The molecule has 0 fully saturated rings. The van der Waals surface area contributed by atoms with Gasteiger partial charge in [-0.3, -0.25) is 0 Å². The van der Waals surface area contributed by atoms with Crippen LogP contribution >= 0.6 is 11.6 Å². The molecule has 0 saturated heterocycles. The summed E-state index contributed by atoms with van der Waals surface area (Å²) in [6, 6.07) is 7.38. The molecule has 0 saturated carbocycles. The Kier molecular flexibility index (Phi) is 7.98. The predicted octanol–water partition coefficient (Wildman–Crippen LogP) is 0.902. The van der Waals surface area contributed by atoms with Gasteiger partial charge in [-0.15, -0.1) is 0 Å². The first-order valence-corrected chi connectivity index (χ1v) is 6.59. The Hall–Kier alpha value is -1.34. The van der Waals surface area contributed by atoms with Crippen molar-refractivity contribution in [3.05, 3.63) is 34.9 Å². The Morgan fingerprint density at radius 3 is 2.90 bits per heavy atom. The number of hydrogen-bond acceptors (Lipinski definition) is 5. The minimum atomic E-state index is -0.810. The van der Waals surface area contributed by atoms with Gasteiger partial charge >= 0.3 is 6.09 Å². The van der Waals surface area contributed by atoms with Crippen LogP contribution in [-0.4, -0.2) is 43.6 Å². The summed E-state index contributed by atoms with van der Waals surface area (Å²) in [5.41, 5.74) is 5.68. The van der Waals surface area contributed by atoms with Crippen molar-refractivity contribution >= 4 is 17.7 Å². The van der Waals surface area contributed by atoms with Crippen LogP contribution in [0.25, 0.3) is 0 Å². The van der Waals surface area contributed by atoms with Crippen LogP contribution in [0.1, 0.15) is 5.56 Å². The summed E-state index contributed by atoms with van der Waals surface area (Å²) in [6.45, 7) is 1.47. The van der Waals surface area contributed by atoms with Gasteiger partial charge in [-0.05, 0) is 11.6 Å². The number of primary amides is 1. The van der Waals surface area contributed by atoms with Crippen LogP contribution in [0.3, 0.4) is 0 Å². The van der Waals surface area contributed by atoms with Crippen molar-refractivity contribution in [2.24, 2.45) is 5.73 Å². The summed E-state index contributed by atoms with van der Waals surface area (Å²) in [6.07, 6.45) is -1.46. The maximum atomic E-state index is 10.3. The van der Waals surface area contributed by atoms with Gasteiger partial charge in [0, 0.05) is 18.1 Å². The highest BCUT2D eigenvalue weighted by Crippen LogP contribution is 2.15. The van der Waals surface area contributed by atoms with Crippen molar-refractivity contribution in [3.8, 4) is 0 Å². The molecule has 6 nitrogen and oxygen atoms in total. The lowest BCUT2D eigenvalue weighted by Crippen LogP contribution is -2.33. The van der Waals surface area contributed by atoms with E-state index in [0.29, 0.717) is 24.7 Å². The number of aliphatic hydroxyl groups is 1. The monoisotopic (exact) mass is 302 g/mol. The molecule has 112 valence electrons. The molecular formula is C13H19ClN2O4. The summed E-state index contributed by atoms with van der Waals surface area (Å²) in [5.74, 6) is 0. The molecule has 1 aromatic carbocycles. The van der Waals surface area contributed by atoms with E-state index in [1.165, 1.54) is 0 Å². The quantitative estimate of drug-likeness (QED) is 0.589. The van der Waals surface area contributed by atoms with E-state index in [4.69, 9.17) is 22.1 Å². The van der Waals surface area contributed by atoms with Crippen molar-refractivity contribution in [1.29, 1.82) is 0 Å². The second kappa shape index (κ2) is 9.55. The van der Waals surface area contributed by atoms with Gasteiger partial charge in [0.1, 0.15) is 6.61 Å². The van der Waals surface area contributed by atoms with E-state index in [2.05, 4.69) is 10.1 Å². The maximum absolute atomic E-state index is 10.3. The molecule has 1 amide bonds. The smallest absolute Gasteiger partial charge is 0.404 e. The third-order valence-corrected chi connectivity index (χ3v) is 2.80. The number of amides is 1. The van der Waals surface area contributed by atoms with Crippen molar-refractivity contribution in [2.75, 3.05) is 26.3 Å². The minimum absolute atomic E-state index is 0.169. The Morgan fingerprint density at radius 2 is 2.20 bits per heavy atom. The van der Waals surface area contributed by atoms with Crippen LogP contribution in [0.2, 0.25) is 5.02 Å². The number of carbonyl (C=O) groups excluding carboxylic acids is 1. The fraction of sp³-hybridized carbons (Fsp3) is 0.462. The summed E-state index contributed by atoms with van der Waals surface area (Å²) in [5, 5.41) is 13.2. The minimum Gasteiger partial charge on any atom is -0.448 e. The Balaban J connectivity index is 2.07. The lowest BCUT2D eigenvalue weighted by Gasteiger charge is -2.12. The molecule has 0 spiro atoms. The molecule has 1 rings (SSSR count). The van der Waals surface area contributed by atoms with Gasteiger partial charge in [-0.25, -0.2) is 4.79 Å². The number of rotatable bonds is 9. The Labute approximate surface area is 122 Å². The fourth-order valence-corrected chi connectivity index (χ4v) is 1.66. The van der Waals surface area contributed by atoms with Gasteiger partial charge in [0.15, 0.2) is 0 Å². The summed E-state index contributed by atoms with van der Waals surface area (Å²) in [4.78, 5) is 10.3. The van der Waals surface area contributed by atoms with Crippen LogP contribution in [-0.2, 0) is 16.1 Å². The molecule has 0 heterocycles. The molecule has 0 aliphatic carbocycles. The van der Waals surface area contributed by atoms with Crippen molar-refractivity contribution < 1.29 is 19.4 Å². The van der Waals surface area contributed by atoms with Gasteiger partial charge in [-0.1, -0.05) is 29.8 Å². The fourth-order valence-electron chi connectivity index (χ4n) is 1.47. The van der Waals surface area contributed by atoms with E-state index in [1.807, 2.05) is 18.2 Å².